The number of amides is 1. The molecule has 6 nitrogen and oxygen atoms in total. The third kappa shape index (κ3) is 4.73. The number of halogens is 3. The predicted octanol–water partition coefficient (Wildman–Crippen LogP) is 5.32. The minimum absolute atomic E-state index is 0.00224. The van der Waals surface area contributed by atoms with E-state index in [0.717, 1.165) is 0 Å². The van der Waals surface area contributed by atoms with E-state index < -0.39 is 11.7 Å². The Morgan fingerprint density at radius 3 is 2.52 bits per heavy atom. The fourth-order valence-electron chi connectivity index (χ4n) is 1.85. The van der Waals surface area contributed by atoms with Crippen LogP contribution in [0.3, 0.4) is 0 Å². The quantitative estimate of drug-likeness (QED) is 0.738. The largest absolute Gasteiger partial charge is 0.444 e. The van der Waals surface area contributed by atoms with Crippen LogP contribution in [0.1, 0.15) is 26.5 Å². The summed E-state index contributed by atoms with van der Waals surface area (Å²) in [5, 5.41) is 11.9. The molecular formula is C16H13Cl3N4O2. The van der Waals surface area contributed by atoms with Crippen LogP contribution in [-0.2, 0) is 4.74 Å². The fraction of sp³-hybridized carbons (Fsp3) is 0.250. The second-order valence-corrected chi connectivity index (χ2v) is 7.04. The second kappa shape index (κ2) is 7.44. The van der Waals surface area contributed by atoms with Crippen molar-refractivity contribution in [3.63, 3.8) is 0 Å². The van der Waals surface area contributed by atoms with Gasteiger partial charge < -0.3 is 4.74 Å². The number of carbonyl (C=O) groups excluding carboxylic acids is 1. The van der Waals surface area contributed by atoms with Crippen LogP contribution in [0, 0.1) is 11.3 Å². The Morgan fingerprint density at radius 2 is 1.92 bits per heavy atom. The molecule has 0 atom stereocenters. The number of anilines is 1. The number of rotatable bonds is 2. The summed E-state index contributed by atoms with van der Waals surface area (Å²) in [7, 11) is 0. The van der Waals surface area contributed by atoms with E-state index in [-0.39, 0.29) is 32.4 Å². The Morgan fingerprint density at radius 1 is 1.24 bits per heavy atom. The highest BCUT2D eigenvalue weighted by molar-refractivity contribution is 6.43. The van der Waals surface area contributed by atoms with Gasteiger partial charge in [-0.2, -0.15) is 5.26 Å². The van der Waals surface area contributed by atoms with E-state index >= 15 is 0 Å². The van der Waals surface area contributed by atoms with Crippen molar-refractivity contribution < 1.29 is 9.53 Å². The van der Waals surface area contributed by atoms with Gasteiger partial charge in [0.05, 0.1) is 10.0 Å². The van der Waals surface area contributed by atoms with Crippen LogP contribution in [0.4, 0.5) is 10.6 Å². The first-order chi connectivity index (χ1) is 11.6. The van der Waals surface area contributed by atoms with Crippen LogP contribution in [0.15, 0.2) is 18.2 Å². The van der Waals surface area contributed by atoms with Gasteiger partial charge in [0.2, 0.25) is 0 Å². The molecule has 2 aromatic rings. The van der Waals surface area contributed by atoms with Gasteiger partial charge in [-0.25, -0.2) is 14.8 Å². The van der Waals surface area contributed by atoms with Crippen molar-refractivity contribution in [3.05, 3.63) is 39.1 Å². The molecule has 0 saturated heterocycles. The van der Waals surface area contributed by atoms with Crippen molar-refractivity contribution in [1.29, 1.82) is 5.26 Å². The Bertz CT molecular complexity index is 873. The van der Waals surface area contributed by atoms with Crippen molar-refractivity contribution in [3.8, 4) is 17.3 Å². The second-order valence-electron chi connectivity index (χ2n) is 5.90. The van der Waals surface area contributed by atoms with E-state index in [4.69, 9.17) is 44.8 Å². The Labute approximate surface area is 159 Å². The van der Waals surface area contributed by atoms with Crippen LogP contribution in [0.2, 0.25) is 15.2 Å². The summed E-state index contributed by atoms with van der Waals surface area (Å²) in [5.74, 6) is 0.00224. The number of nitriles is 1. The molecule has 0 aliphatic carbocycles. The first kappa shape index (κ1) is 19.3. The van der Waals surface area contributed by atoms with Crippen molar-refractivity contribution in [1.82, 2.24) is 9.97 Å². The zero-order valence-corrected chi connectivity index (χ0v) is 15.8. The number of hydrogen-bond acceptors (Lipinski definition) is 5. The van der Waals surface area contributed by atoms with Crippen LogP contribution in [-0.4, -0.2) is 21.7 Å². The summed E-state index contributed by atoms with van der Waals surface area (Å²) in [6, 6.07) is 6.72. The average molecular weight is 400 g/mol. The fourth-order valence-corrected chi connectivity index (χ4v) is 2.41. The maximum Gasteiger partial charge on any atom is 0.413 e. The zero-order chi connectivity index (χ0) is 18.8. The first-order valence-electron chi connectivity index (χ1n) is 7.04. The number of ether oxygens (including phenoxy) is 1. The van der Waals surface area contributed by atoms with E-state index in [1.54, 1.807) is 39.0 Å². The van der Waals surface area contributed by atoms with Gasteiger partial charge in [-0.1, -0.05) is 46.9 Å². The summed E-state index contributed by atoms with van der Waals surface area (Å²) in [6.45, 7) is 5.16. The lowest BCUT2D eigenvalue weighted by atomic mass is 10.1. The van der Waals surface area contributed by atoms with Gasteiger partial charge >= 0.3 is 6.09 Å². The van der Waals surface area contributed by atoms with E-state index in [9.17, 15) is 4.79 Å². The number of hydrogen-bond donors (Lipinski definition) is 1. The summed E-state index contributed by atoms with van der Waals surface area (Å²) < 4.78 is 5.20. The van der Waals surface area contributed by atoms with Crippen LogP contribution >= 0.6 is 34.8 Å². The van der Waals surface area contributed by atoms with Gasteiger partial charge in [-0.15, -0.1) is 0 Å². The predicted molar refractivity (Wildman–Crippen MR) is 97.1 cm³/mol. The normalized spacial score (nSPS) is 10.9. The lowest BCUT2D eigenvalue weighted by Crippen LogP contribution is -2.27. The van der Waals surface area contributed by atoms with E-state index in [1.807, 2.05) is 6.07 Å². The monoisotopic (exact) mass is 398 g/mol. The van der Waals surface area contributed by atoms with Gasteiger partial charge in [-0.05, 0) is 26.8 Å². The lowest BCUT2D eigenvalue weighted by Gasteiger charge is -2.20. The molecule has 1 aromatic heterocycles. The topological polar surface area (TPSA) is 87.9 Å². The average Bonchev–Trinajstić information content (AvgIpc) is 2.49. The summed E-state index contributed by atoms with van der Waals surface area (Å²) in [5.41, 5.74) is -0.274. The molecule has 130 valence electrons. The van der Waals surface area contributed by atoms with E-state index in [0.29, 0.717) is 5.56 Å². The van der Waals surface area contributed by atoms with Crippen LogP contribution < -0.4 is 5.32 Å². The minimum Gasteiger partial charge on any atom is -0.444 e. The molecule has 2 rings (SSSR count). The number of aromatic nitrogens is 2. The maximum atomic E-state index is 12.1. The summed E-state index contributed by atoms with van der Waals surface area (Å²) >= 11 is 18.2. The van der Waals surface area contributed by atoms with Gasteiger partial charge in [0.25, 0.3) is 0 Å². The molecule has 0 unspecified atom stereocenters. The molecule has 25 heavy (non-hydrogen) atoms. The summed E-state index contributed by atoms with van der Waals surface area (Å²) in [6.07, 6.45) is -0.748. The van der Waals surface area contributed by atoms with Gasteiger partial charge in [0.15, 0.2) is 16.7 Å². The van der Waals surface area contributed by atoms with E-state index in [1.165, 1.54) is 0 Å². The van der Waals surface area contributed by atoms with Crippen molar-refractivity contribution >= 4 is 46.7 Å². The molecule has 1 N–H and O–H groups in total. The van der Waals surface area contributed by atoms with Gasteiger partial charge in [-0.3, -0.25) is 5.32 Å². The summed E-state index contributed by atoms with van der Waals surface area (Å²) in [4.78, 5) is 20.2. The molecule has 0 spiro atoms. The van der Waals surface area contributed by atoms with Crippen LogP contribution in [0.25, 0.3) is 11.3 Å². The van der Waals surface area contributed by atoms with Crippen molar-refractivity contribution in [2.45, 2.75) is 26.4 Å². The number of nitrogens with one attached hydrogen (secondary N) is 1. The number of nitrogens with zero attached hydrogens (tertiary/aromatic N) is 3. The molecule has 0 aliphatic heterocycles. The Kier molecular flexibility index (Phi) is 5.73. The van der Waals surface area contributed by atoms with Crippen molar-refractivity contribution in [2.24, 2.45) is 0 Å². The van der Waals surface area contributed by atoms with Gasteiger partial charge in [0, 0.05) is 5.56 Å². The smallest absolute Gasteiger partial charge is 0.413 e. The number of carbonyl (C=O) groups is 1. The molecule has 1 amide bonds. The molecule has 1 aromatic carbocycles. The Balaban J connectivity index is 2.56. The van der Waals surface area contributed by atoms with Crippen LogP contribution in [0.5, 0.6) is 0 Å². The highest BCUT2D eigenvalue weighted by atomic mass is 35.5. The molecule has 0 bridgehead atoms. The van der Waals surface area contributed by atoms with Crippen molar-refractivity contribution in [2.75, 3.05) is 5.32 Å². The highest BCUT2D eigenvalue weighted by Crippen LogP contribution is 2.36. The number of benzene rings is 1. The lowest BCUT2D eigenvalue weighted by molar-refractivity contribution is 0.0635. The Hall–Kier alpha value is -2.07. The molecular weight excluding hydrogens is 387 g/mol. The van der Waals surface area contributed by atoms with Gasteiger partial charge in [0.1, 0.15) is 17.4 Å². The standard InChI is InChI=1S/C16H13Cl3N4O2/c1-16(2,3)25-15(24)23-14-12(21-10(7-20)13(19)22-14)8-5-4-6-9(17)11(8)18/h4-6H,1-3H3,(H,22,23,24). The molecule has 0 radical (unpaired) electrons. The maximum absolute atomic E-state index is 12.1. The van der Waals surface area contributed by atoms with E-state index in [2.05, 4.69) is 15.3 Å². The zero-order valence-electron chi connectivity index (χ0n) is 13.5. The highest BCUT2D eigenvalue weighted by Gasteiger charge is 2.22. The minimum atomic E-state index is -0.748. The molecule has 9 heteroatoms. The first-order valence-corrected chi connectivity index (χ1v) is 8.18. The third-order valence-electron chi connectivity index (χ3n) is 2.79. The SMILES string of the molecule is CC(C)(C)OC(=O)Nc1nc(Cl)c(C#N)nc1-c1cccc(Cl)c1Cl. The third-order valence-corrected chi connectivity index (χ3v) is 3.87. The molecule has 0 fully saturated rings. The molecule has 0 saturated carbocycles. The molecule has 1 heterocycles. The molecule has 0 aliphatic rings.